The Morgan fingerprint density at radius 1 is 1.36 bits per heavy atom. The van der Waals surface area contributed by atoms with E-state index in [1.807, 2.05) is 0 Å². The van der Waals surface area contributed by atoms with Gasteiger partial charge in [0.05, 0.1) is 0 Å². The second kappa shape index (κ2) is 4.72. The largest absolute Gasteiger partial charge is 0.281 e. The molecule has 0 atom stereocenters. The van der Waals surface area contributed by atoms with Gasteiger partial charge in [-0.15, -0.1) is 0 Å². The van der Waals surface area contributed by atoms with Crippen LogP contribution in [0.1, 0.15) is 11.1 Å². The van der Waals surface area contributed by atoms with Crippen molar-refractivity contribution in [3.8, 4) is 0 Å². The predicted octanol–water partition coefficient (Wildman–Crippen LogP) is 1.77. The minimum atomic E-state index is -0.513. The van der Waals surface area contributed by atoms with Crippen LogP contribution in [-0.4, -0.2) is 10.2 Å². The number of nitrogens with zero attached hydrogens (tertiary/aromatic N) is 1. The van der Waals surface area contributed by atoms with Crippen LogP contribution in [0.2, 0.25) is 0 Å². The molecule has 0 saturated heterocycles. The molecule has 0 spiro atoms. The van der Waals surface area contributed by atoms with E-state index >= 15 is 0 Å². The molecular formula is C9H8ClNO3. The summed E-state index contributed by atoms with van der Waals surface area (Å²) in [6, 6.07) is 6.71. The number of carbonyl (C=O) groups excluding carboxylic acids is 1. The molecule has 0 saturated carbocycles. The van der Waals surface area contributed by atoms with Crippen molar-refractivity contribution in [3.05, 3.63) is 45.5 Å². The third-order valence-corrected chi connectivity index (χ3v) is 1.88. The van der Waals surface area contributed by atoms with Gasteiger partial charge in [0.15, 0.2) is 0 Å². The first-order valence-electron chi connectivity index (χ1n) is 3.96. The topological polar surface area (TPSA) is 60.2 Å². The number of halogens is 1. The van der Waals surface area contributed by atoms with Crippen LogP contribution in [0.5, 0.6) is 0 Å². The summed E-state index contributed by atoms with van der Waals surface area (Å²) >= 11 is 5.21. The summed E-state index contributed by atoms with van der Waals surface area (Å²) < 4.78 is 0. The SMILES string of the molecule is O=C(Cl)Cc1ccccc1C[N+](=O)[O-]. The molecule has 0 N–H and O–H groups in total. The highest BCUT2D eigenvalue weighted by Crippen LogP contribution is 2.11. The van der Waals surface area contributed by atoms with E-state index in [4.69, 9.17) is 11.6 Å². The molecule has 5 heteroatoms. The third-order valence-electron chi connectivity index (χ3n) is 1.75. The van der Waals surface area contributed by atoms with E-state index < -0.39 is 10.2 Å². The van der Waals surface area contributed by atoms with E-state index in [1.54, 1.807) is 24.3 Å². The van der Waals surface area contributed by atoms with E-state index in [0.29, 0.717) is 11.1 Å². The summed E-state index contributed by atoms with van der Waals surface area (Å²) in [5, 5.41) is 9.78. The number of nitro groups is 1. The first kappa shape index (κ1) is 10.7. The summed E-state index contributed by atoms with van der Waals surface area (Å²) in [5.74, 6) is 0. The average molecular weight is 214 g/mol. The molecule has 1 aromatic carbocycles. The molecule has 4 nitrogen and oxygen atoms in total. The second-order valence-electron chi connectivity index (χ2n) is 2.79. The lowest BCUT2D eigenvalue weighted by molar-refractivity contribution is -0.496. The molecule has 0 unspecified atom stereocenters. The van der Waals surface area contributed by atoms with Crippen LogP contribution in [-0.2, 0) is 17.8 Å². The molecule has 0 aliphatic heterocycles. The van der Waals surface area contributed by atoms with Gasteiger partial charge in [0.2, 0.25) is 11.8 Å². The highest BCUT2D eigenvalue weighted by molar-refractivity contribution is 6.63. The molecule has 0 aliphatic rings. The second-order valence-corrected chi connectivity index (χ2v) is 3.21. The van der Waals surface area contributed by atoms with Crippen molar-refractivity contribution in [1.29, 1.82) is 0 Å². The van der Waals surface area contributed by atoms with Crippen molar-refractivity contribution in [2.45, 2.75) is 13.0 Å². The monoisotopic (exact) mass is 213 g/mol. The fraction of sp³-hybridized carbons (Fsp3) is 0.222. The van der Waals surface area contributed by atoms with Crippen LogP contribution >= 0.6 is 11.6 Å². The van der Waals surface area contributed by atoms with Crippen molar-refractivity contribution in [1.82, 2.24) is 0 Å². The molecule has 0 heterocycles. The lowest BCUT2D eigenvalue weighted by Gasteiger charge is -2.02. The van der Waals surface area contributed by atoms with E-state index in [0.717, 1.165) is 0 Å². The summed E-state index contributed by atoms with van der Waals surface area (Å²) in [7, 11) is 0. The van der Waals surface area contributed by atoms with E-state index in [2.05, 4.69) is 0 Å². The van der Waals surface area contributed by atoms with Gasteiger partial charge in [-0.05, 0) is 17.2 Å². The molecule has 0 aliphatic carbocycles. The number of carbonyl (C=O) groups is 1. The van der Waals surface area contributed by atoms with Crippen molar-refractivity contribution >= 4 is 16.8 Å². The van der Waals surface area contributed by atoms with Crippen LogP contribution in [0.4, 0.5) is 0 Å². The fourth-order valence-electron chi connectivity index (χ4n) is 1.17. The zero-order chi connectivity index (χ0) is 10.6. The van der Waals surface area contributed by atoms with Crippen LogP contribution in [0, 0.1) is 10.1 Å². The van der Waals surface area contributed by atoms with Crippen molar-refractivity contribution < 1.29 is 9.72 Å². The molecule has 74 valence electrons. The average Bonchev–Trinajstić information content (AvgIpc) is 2.06. The van der Waals surface area contributed by atoms with Crippen molar-refractivity contribution in [2.75, 3.05) is 0 Å². The summed E-state index contributed by atoms with van der Waals surface area (Å²) in [5.41, 5.74) is 1.15. The summed E-state index contributed by atoms with van der Waals surface area (Å²) in [4.78, 5) is 20.5. The number of hydrogen-bond donors (Lipinski definition) is 0. The molecular weight excluding hydrogens is 206 g/mol. The molecule has 0 radical (unpaired) electrons. The minimum Gasteiger partial charge on any atom is -0.281 e. The Kier molecular flexibility index (Phi) is 3.59. The number of rotatable bonds is 4. The van der Waals surface area contributed by atoms with Gasteiger partial charge in [0, 0.05) is 16.9 Å². The quantitative estimate of drug-likeness (QED) is 0.435. The van der Waals surface area contributed by atoms with Crippen molar-refractivity contribution in [3.63, 3.8) is 0 Å². The smallest absolute Gasteiger partial charge is 0.229 e. The van der Waals surface area contributed by atoms with Gasteiger partial charge in [0.25, 0.3) is 0 Å². The van der Waals surface area contributed by atoms with Gasteiger partial charge >= 0.3 is 0 Å². The molecule has 0 aromatic heterocycles. The minimum absolute atomic E-state index is 0.0333. The normalized spacial score (nSPS) is 9.79. The van der Waals surface area contributed by atoms with E-state index in [9.17, 15) is 14.9 Å². The fourth-order valence-corrected chi connectivity index (χ4v) is 1.32. The Hall–Kier alpha value is -1.42. The van der Waals surface area contributed by atoms with Crippen LogP contribution < -0.4 is 0 Å². The van der Waals surface area contributed by atoms with Crippen molar-refractivity contribution in [2.24, 2.45) is 0 Å². The van der Waals surface area contributed by atoms with Crippen LogP contribution in [0.3, 0.4) is 0 Å². The maximum Gasteiger partial charge on any atom is 0.229 e. The number of benzene rings is 1. The maximum atomic E-state index is 10.6. The molecule has 1 rings (SSSR count). The van der Waals surface area contributed by atoms with Gasteiger partial charge in [-0.2, -0.15) is 0 Å². The van der Waals surface area contributed by atoms with Gasteiger partial charge in [-0.1, -0.05) is 24.3 Å². The lowest BCUT2D eigenvalue weighted by Crippen LogP contribution is -2.04. The van der Waals surface area contributed by atoms with Gasteiger partial charge in [-0.25, -0.2) is 0 Å². The molecule has 1 aromatic rings. The number of hydrogen-bond acceptors (Lipinski definition) is 3. The van der Waals surface area contributed by atoms with Gasteiger partial charge < -0.3 is 0 Å². The molecule has 14 heavy (non-hydrogen) atoms. The first-order chi connectivity index (χ1) is 6.59. The lowest BCUT2D eigenvalue weighted by atomic mass is 10.1. The zero-order valence-electron chi connectivity index (χ0n) is 7.27. The third kappa shape index (κ3) is 3.14. The molecule has 0 bridgehead atoms. The highest BCUT2D eigenvalue weighted by Gasteiger charge is 2.09. The van der Waals surface area contributed by atoms with Crippen LogP contribution in [0.15, 0.2) is 24.3 Å². The molecule has 0 amide bonds. The standard InChI is InChI=1S/C9H8ClNO3/c10-9(12)5-7-3-1-2-4-8(7)6-11(13)14/h1-4H,5-6H2. The summed E-state index contributed by atoms with van der Waals surface area (Å²) in [6.07, 6.45) is 0.0333. The van der Waals surface area contributed by atoms with Gasteiger partial charge in [0.1, 0.15) is 0 Å². The van der Waals surface area contributed by atoms with Gasteiger partial charge in [-0.3, -0.25) is 14.9 Å². The molecule has 0 fully saturated rings. The first-order valence-corrected chi connectivity index (χ1v) is 4.34. The predicted molar refractivity (Wildman–Crippen MR) is 51.7 cm³/mol. The Bertz CT molecular complexity index is 330. The Labute approximate surface area is 85.6 Å². The Morgan fingerprint density at radius 2 is 1.93 bits per heavy atom. The Balaban J connectivity index is 2.90. The van der Waals surface area contributed by atoms with Crippen LogP contribution in [0.25, 0.3) is 0 Å². The summed E-state index contributed by atoms with van der Waals surface area (Å²) in [6.45, 7) is -0.277. The van der Waals surface area contributed by atoms with E-state index in [-0.39, 0.29) is 13.0 Å². The Morgan fingerprint density at radius 3 is 2.43 bits per heavy atom. The highest BCUT2D eigenvalue weighted by atomic mass is 35.5. The maximum absolute atomic E-state index is 10.6. The van der Waals surface area contributed by atoms with E-state index in [1.165, 1.54) is 0 Å². The zero-order valence-corrected chi connectivity index (χ0v) is 8.03.